The van der Waals surface area contributed by atoms with E-state index in [-0.39, 0.29) is 23.8 Å². The van der Waals surface area contributed by atoms with Crippen molar-refractivity contribution in [2.45, 2.75) is 38.4 Å². The van der Waals surface area contributed by atoms with Gasteiger partial charge in [0.05, 0.1) is 54.0 Å². The van der Waals surface area contributed by atoms with Crippen LogP contribution in [-0.4, -0.2) is 76.5 Å². The first kappa shape index (κ1) is 33.5. The summed E-state index contributed by atoms with van der Waals surface area (Å²) in [5.74, 6) is 0.394. The third kappa shape index (κ3) is 7.21. The SMILES string of the molecule is COc1nc(-c2cccc(-c3cccc(-c4cnc(CN5CC[C@H](C(N)=O)C5)c(OC)n4)c3Cl)c2Cl)cnc1CNC[C@@H]1CCC(=O)N1. The Balaban J connectivity index is 1.23. The van der Waals surface area contributed by atoms with Crippen molar-refractivity contribution in [1.82, 2.24) is 35.5 Å². The third-order valence-corrected chi connectivity index (χ3v) is 9.48. The van der Waals surface area contributed by atoms with Gasteiger partial charge >= 0.3 is 0 Å². The minimum absolute atomic E-state index is 0.0783. The van der Waals surface area contributed by atoms with Crippen molar-refractivity contribution in [1.29, 1.82) is 0 Å². The van der Waals surface area contributed by atoms with Gasteiger partial charge in [-0.15, -0.1) is 0 Å². The number of halogens is 2. The highest BCUT2D eigenvalue weighted by molar-refractivity contribution is 6.39. The minimum atomic E-state index is -0.284. The van der Waals surface area contributed by atoms with Gasteiger partial charge < -0.3 is 25.8 Å². The van der Waals surface area contributed by atoms with Gasteiger partial charge in [0.15, 0.2) is 0 Å². The van der Waals surface area contributed by atoms with Gasteiger partial charge in [-0.05, 0) is 19.4 Å². The fraction of sp³-hybridized carbons (Fsp3) is 0.353. The maximum absolute atomic E-state index is 11.6. The molecule has 2 aliphatic rings. The molecule has 2 aromatic heterocycles. The topological polar surface area (TPSA) is 157 Å². The zero-order valence-electron chi connectivity index (χ0n) is 26.6. The quantitative estimate of drug-likeness (QED) is 0.196. The van der Waals surface area contributed by atoms with Crippen LogP contribution in [0, 0.1) is 5.92 Å². The molecule has 0 aliphatic carbocycles. The molecule has 250 valence electrons. The molecule has 4 heterocycles. The fourth-order valence-corrected chi connectivity index (χ4v) is 6.75. The smallest absolute Gasteiger partial charge is 0.237 e. The highest BCUT2D eigenvalue weighted by Crippen LogP contribution is 2.42. The number of nitrogens with two attached hydrogens (primary N) is 1. The Bertz CT molecular complexity index is 1840. The first-order chi connectivity index (χ1) is 23.2. The van der Waals surface area contributed by atoms with Crippen molar-refractivity contribution in [2.24, 2.45) is 11.7 Å². The lowest BCUT2D eigenvalue weighted by Crippen LogP contribution is -2.35. The number of aromatic nitrogens is 4. The van der Waals surface area contributed by atoms with Crippen LogP contribution in [0.15, 0.2) is 48.8 Å². The van der Waals surface area contributed by atoms with Crippen molar-refractivity contribution >= 4 is 35.0 Å². The molecule has 0 bridgehead atoms. The predicted molar refractivity (Wildman–Crippen MR) is 183 cm³/mol. The van der Waals surface area contributed by atoms with Crippen LogP contribution in [0.4, 0.5) is 0 Å². The fourth-order valence-electron chi connectivity index (χ4n) is 6.10. The Morgan fingerprint density at radius 1 is 0.938 bits per heavy atom. The van der Waals surface area contributed by atoms with E-state index in [1.807, 2.05) is 36.4 Å². The number of nitrogens with one attached hydrogen (secondary N) is 2. The highest BCUT2D eigenvalue weighted by Gasteiger charge is 2.28. The molecule has 12 nitrogen and oxygen atoms in total. The van der Waals surface area contributed by atoms with Crippen LogP contribution in [0.5, 0.6) is 11.8 Å². The molecule has 2 saturated heterocycles. The summed E-state index contributed by atoms with van der Waals surface area (Å²) in [4.78, 5) is 43.9. The minimum Gasteiger partial charge on any atom is -0.480 e. The lowest BCUT2D eigenvalue weighted by Gasteiger charge is -2.17. The van der Waals surface area contributed by atoms with Crippen molar-refractivity contribution in [3.8, 4) is 45.4 Å². The molecule has 14 heteroatoms. The van der Waals surface area contributed by atoms with Gasteiger partial charge in [0, 0.05) is 60.9 Å². The molecule has 0 unspecified atom stereocenters. The molecule has 2 amide bonds. The Hall–Kier alpha value is -4.36. The van der Waals surface area contributed by atoms with Crippen molar-refractivity contribution in [3.63, 3.8) is 0 Å². The van der Waals surface area contributed by atoms with Gasteiger partial charge in [-0.3, -0.25) is 24.5 Å². The third-order valence-electron chi connectivity index (χ3n) is 8.67. The summed E-state index contributed by atoms with van der Waals surface area (Å²) in [6.45, 7) is 2.88. The van der Waals surface area contributed by atoms with E-state index in [0.717, 1.165) is 19.4 Å². The molecule has 6 rings (SSSR count). The summed E-state index contributed by atoms with van der Waals surface area (Å²) in [7, 11) is 3.10. The monoisotopic (exact) mass is 690 g/mol. The second kappa shape index (κ2) is 14.8. The summed E-state index contributed by atoms with van der Waals surface area (Å²) in [5.41, 5.74) is 10.6. The van der Waals surface area contributed by atoms with Gasteiger partial charge in [0.1, 0.15) is 11.4 Å². The second-order valence-electron chi connectivity index (χ2n) is 11.8. The van der Waals surface area contributed by atoms with E-state index >= 15 is 0 Å². The number of carbonyl (C=O) groups excluding carboxylic acids is 2. The number of ether oxygens (including phenoxy) is 2. The number of rotatable bonds is 12. The summed E-state index contributed by atoms with van der Waals surface area (Å²) in [6, 6.07) is 11.4. The van der Waals surface area contributed by atoms with E-state index in [1.165, 1.54) is 0 Å². The van der Waals surface area contributed by atoms with Crippen LogP contribution < -0.4 is 25.8 Å². The number of carbonyl (C=O) groups is 2. The molecule has 0 spiro atoms. The van der Waals surface area contributed by atoms with Crippen molar-refractivity contribution in [2.75, 3.05) is 33.9 Å². The lowest BCUT2D eigenvalue weighted by molar-refractivity contribution is -0.121. The van der Waals surface area contributed by atoms with Gasteiger partial charge in [-0.25, -0.2) is 9.97 Å². The van der Waals surface area contributed by atoms with Crippen LogP contribution in [-0.2, 0) is 22.7 Å². The number of nitrogens with zero attached hydrogens (tertiary/aromatic N) is 5. The maximum Gasteiger partial charge on any atom is 0.237 e. The average molecular weight is 692 g/mol. The van der Waals surface area contributed by atoms with E-state index in [9.17, 15) is 9.59 Å². The molecular formula is C34H36Cl2N8O4. The van der Waals surface area contributed by atoms with Crippen LogP contribution in [0.1, 0.15) is 30.7 Å². The summed E-state index contributed by atoms with van der Waals surface area (Å²) < 4.78 is 11.2. The molecule has 4 N–H and O–H groups in total. The Morgan fingerprint density at radius 2 is 1.52 bits per heavy atom. The maximum atomic E-state index is 11.6. The molecular weight excluding hydrogens is 655 g/mol. The number of primary amides is 1. The largest absolute Gasteiger partial charge is 0.480 e. The van der Waals surface area contributed by atoms with Crippen LogP contribution in [0.3, 0.4) is 0 Å². The molecule has 2 fully saturated rings. The molecule has 2 atom stereocenters. The van der Waals surface area contributed by atoms with E-state index in [4.69, 9.17) is 48.4 Å². The van der Waals surface area contributed by atoms with E-state index in [2.05, 4.69) is 25.5 Å². The summed E-state index contributed by atoms with van der Waals surface area (Å²) >= 11 is 14.1. The summed E-state index contributed by atoms with van der Waals surface area (Å²) in [6.07, 6.45) is 5.42. The lowest BCUT2D eigenvalue weighted by atomic mass is 9.98. The number of benzene rings is 2. The number of methoxy groups -OCH3 is 2. The van der Waals surface area contributed by atoms with Crippen LogP contribution in [0.25, 0.3) is 33.6 Å². The Morgan fingerprint density at radius 3 is 2.06 bits per heavy atom. The first-order valence-corrected chi connectivity index (χ1v) is 16.4. The first-order valence-electron chi connectivity index (χ1n) is 15.6. The molecule has 0 radical (unpaired) electrons. The van der Waals surface area contributed by atoms with Gasteiger partial charge in [0.25, 0.3) is 0 Å². The van der Waals surface area contributed by atoms with Crippen LogP contribution in [0.2, 0.25) is 10.0 Å². The van der Waals surface area contributed by atoms with Crippen molar-refractivity contribution < 1.29 is 19.1 Å². The van der Waals surface area contributed by atoms with Gasteiger partial charge in [0.2, 0.25) is 23.6 Å². The normalized spacial score (nSPS) is 17.8. The number of hydrogen-bond donors (Lipinski definition) is 3. The number of hydrogen-bond acceptors (Lipinski definition) is 10. The Kier molecular flexibility index (Phi) is 10.4. The standard InChI is InChI=1S/C34H36Cl2N8O4/c1-47-33-27(14-38-13-20-9-10-29(45)41-20)39-15-25(42-33)23-7-3-5-21(30(23)35)22-6-4-8-24(31(22)36)26-16-40-28(34(43-26)48-2)18-44-12-11-19(17-44)32(37)46/h3-8,15-16,19-20,38H,9-14,17-18H2,1-2H3,(H2,37,46)(H,41,45)/t19-,20-/m0/s1. The molecule has 0 saturated carbocycles. The number of amides is 2. The van der Waals surface area contributed by atoms with Gasteiger partial charge in [-0.2, -0.15) is 0 Å². The van der Waals surface area contributed by atoms with Crippen molar-refractivity contribution in [3.05, 3.63) is 70.2 Å². The average Bonchev–Trinajstić information content (AvgIpc) is 3.74. The molecule has 2 aliphatic heterocycles. The Labute approximate surface area is 288 Å². The zero-order chi connectivity index (χ0) is 33.8. The predicted octanol–water partition coefficient (Wildman–Crippen LogP) is 4.27. The highest BCUT2D eigenvalue weighted by atomic mass is 35.5. The van der Waals surface area contributed by atoms with Gasteiger partial charge in [-0.1, -0.05) is 59.6 Å². The molecule has 4 aromatic rings. The van der Waals surface area contributed by atoms with E-state index in [0.29, 0.717) is 99.4 Å². The zero-order valence-corrected chi connectivity index (χ0v) is 28.1. The van der Waals surface area contributed by atoms with E-state index < -0.39 is 0 Å². The molecule has 48 heavy (non-hydrogen) atoms. The second-order valence-corrected chi connectivity index (χ2v) is 12.6. The van der Waals surface area contributed by atoms with Crippen LogP contribution >= 0.6 is 23.2 Å². The summed E-state index contributed by atoms with van der Waals surface area (Å²) in [5, 5.41) is 7.17. The molecule has 2 aromatic carbocycles. The number of likely N-dealkylation sites (tertiary alicyclic amines) is 1. The van der Waals surface area contributed by atoms with E-state index in [1.54, 1.807) is 26.6 Å².